The van der Waals surface area contributed by atoms with E-state index in [1.54, 1.807) is 0 Å². The van der Waals surface area contributed by atoms with Gasteiger partial charge in [-0.2, -0.15) is 0 Å². The molecule has 0 aromatic heterocycles. The van der Waals surface area contributed by atoms with Crippen molar-refractivity contribution in [3.63, 3.8) is 0 Å². The maximum atomic E-state index is 11.5. The molecular formula is C12H16O2. The fourth-order valence-electron chi connectivity index (χ4n) is 2.53. The average molecular weight is 192 g/mol. The lowest BCUT2D eigenvalue weighted by atomic mass is 9.80. The Morgan fingerprint density at radius 3 is 3.07 bits per heavy atom. The van der Waals surface area contributed by atoms with Gasteiger partial charge in [0.05, 0.1) is 12.7 Å². The maximum absolute atomic E-state index is 11.5. The van der Waals surface area contributed by atoms with E-state index in [-0.39, 0.29) is 5.97 Å². The van der Waals surface area contributed by atoms with Crippen LogP contribution in [0.15, 0.2) is 23.3 Å². The SMILES string of the molecule is COC(=O)C1=C[C@H](C)C[C@H]2CCC=C12. The number of hydrogen-bond donors (Lipinski definition) is 0. The van der Waals surface area contributed by atoms with Crippen LogP contribution in [-0.2, 0) is 9.53 Å². The van der Waals surface area contributed by atoms with Crippen LogP contribution >= 0.6 is 0 Å². The van der Waals surface area contributed by atoms with Crippen LogP contribution in [0.2, 0.25) is 0 Å². The number of carbonyl (C=O) groups is 1. The third-order valence-electron chi connectivity index (χ3n) is 3.14. The molecule has 0 aromatic rings. The van der Waals surface area contributed by atoms with Gasteiger partial charge in [-0.15, -0.1) is 0 Å². The molecule has 0 N–H and O–H groups in total. The van der Waals surface area contributed by atoms with Gasteiger partial charge in [0.2, 0.25) is 0 Å². The molecule has 0 fully saturated rings. The third kappa shape index (κ3) is 1.49. The highest BCUT2D eigenvalue weighted by molar-refractivity contribution is 5.94. The molecule has 2 aliphatic carbocycles. The minimum atomic E-state index is -0.172. The summed E-state index contributed by atoms with van der Waals surface area (Å²) in [5.74, 6) is 0.933. The van der Waals surface area contributed by atoms with Crippen molar-refractivity contribution in [2.24, 2.45) is 11.8 Å². The minimum absolute atomic E-state index is 0.172. The zero-order valence-corrected chi connectivity index (χ0v) is 8.75. The monoisotopic (exact) mass is 192 g/mol. The topological polar surface area (TPSA) is 26.3 Å². The summed E-state index contributed by atoms with van der Waals surface area (Å²) >= 11 is 0. The molecular weight excluding hydrogens is 176 g/mol. The Labute approximate surface area is 84.6 Å². The number of fused-ring (bicyclic) bond motifs is 1. The first-order chi connectivity index (χ1) is 6.72. The summed E-state index contributed by atoms with van der Waals surface area (Å²) in [5.41, 5.74) is 2.05. The lowest BCUT2D eigenvalue weighted by molar-refractivity contribution is -0.136. The summed E-state index contributed by atoms with van der Waals surface area (Å²) in [7, 11) is 1.45. The molecule has 0 aromatic carbocycles. The van der Waals surface area contributed by atoms with Crippen LogP contribution < -0.4 is 0 Å². The smallest absolute Gasteiger partial charge is 0.337 e. The zero-order valence-electron chi connectivity index (χ0n) is 8.75. The van der Waals surface area contributed by atoms with Crippen molar-refractivity contribution in [2.45, 2.75) is 26.2 Å². The van der Waals surface area contributed by atoms with Crippen LogP contribution in [0.25, 0.3) is 0 Å². The number of hydrogen-bond acceptors (Lipinski definition) is 2. The lowest BCUT2D eigenvalue weighted by Crippen LogP contribution is -2.18. The van der Waals surface area contributed by atoms with E-state index in [1.807, 2.05) is 0 Å². The summed E-state index contributed by atoms with van der Waals surface area (Å²) in [6.07, 6.45) is 7.75. The number of allylic oxidation sites excluding steroid dienone is 2. The molecule has 0 bridgehead atoms. The van der Waals surface area contributed by atoms with Crippen LogP contribution in [0.4, 0.5) is 0 Å². The summed E-state index contributed by atoms with van der Waals surface area (Å²) < 4.78 is 4.80. The van der Waals surface area contributed by atoms with Crippen molar-refractivity contribution in [1.29, 1.82) is 0 Å². The number of methoxy groups -OCH3 is 1. The van der Waals surface area contributed by atoms with Gasteiger partial charge in [0.1, 0.15) is 0 Å². The first-order valence-corrected chi connectivity index (χ1v) is 5.23. The second-order valence-corrected chi connectivity index (χ2v) is 4.22. The van der Waals surface area contributed by atoms with Crippen LogP contribution in [0.3, 0.4) is 0 Å². The second-order valence-electron chi connectivity index (χ2n) is 4.22. The molecule has 0 unspecified atom stereocenters. The Morgan fingerprint density at radius 2 is 2.36 bits per heavy atom. The molecule has 0 spiro atoms. The predicted molar refractivity (Wildman–Crippen MR) is 54.7 cm³/mol. The van der Waals surface area contributed by atoms with Crippen LogP contribution in [0.1, 0.15) is 26.2 Å². The fourth-order valence-corrected chi connectivity index (χ4v) is 2.53. The van der Waals surface area contributed by atoms with Crippen LogP contribution in [-0.4, -0.2) is 13.1 Å². The van der Waals surface area contributed by atoms with E-state index in [1.165, 1.54) is 25.5 Å². The summed E-state index contributed by atoms with van der Waals surface area (Å²) in [5, 5.41) is 0. The summed E-state index contributed by atoms with van der Waals surface area (Å²) in [6.45, 7) is 2.16. The zero-order chi connectivity index (χ0) is 10.1. The van der Waals surface area contributed by atoms with Gasteiger partial charge in [-0.05, 0) is 36.7 Å². The Morgan fingerprint density at radius 1 is 1.57 bits per heavy atom. The largest absolute Gasteiger partial charge is 0.465 e. The molecule has 2 aliphatic rings. The molecule has 0 saturated carbocycles. The van der Waals surface area contributed by atoms with Crippen molar-refractivity contribution in [1.82, 2.24) is 0 Å². The van der Waals surface area contributed by atoms with Gasteiger partial charge in [-0.3, -0.25) is 0 Å². The maximum Gasteiger partial charge on any atom is 0.337 e. The standard InChI is InChI=1S/C12H16O2/c1-8-6-9-4-3-5-10(9)11(7-8)12(13)14-2/h5,7-9H,3-4,6H2,1-2H3/t8-,9-/m1/s1. The van der Waals surface area contributed by atoms with E-state index in [0.29, 0.717) is 11.8 Å². The molecule has 0 saturated heterocycles. The number of rotatable bonds is 1. The van der Waals surface area contributed by atoms with Crippen molar-refractivity contribution in [3.05, 3.63) is 23.3 Å². The van der Waals surface area contributed by atoms with E-state index in [2.05, 4.69) is 19.1 Å². The van der Waals surface area contributed by atoms with Gasteiger partial charge in [0.15, 0.2) is 0 Å². The quantitative estimate of drug-likeness (QED) is 0.596. The molecule has 0 amide bonds. The van der Waals surface area contributed by atoms with Crippen molar-refractivity contribution < 1.29 is 9.53 Å². The van der Waals surface area contributed by atoms with Crippen molar-refractivity contribution >= 4 is 5.97 Å². The molecule has 2 heteroatoms. The van der Waals surface area contributed by atoms with Gasteiger partial charge >= 0.3 is 5.97 Å². The van der Waals surface area contributed by atoms with Gasteiger partial charge in [-0.25, -0.2) is 4.79 Å². The number of ether oxygens (including phenoxy) is 1. The van der Waals surface area contributed by atoms with Gasteiger partial charge in [0, 0.05) is 0 Å². The normalized spacial score (nSPS) is 30.4. The van der Waals surface area contributed by atoms with Crippen molar-refractivity contribution in [2.75, 3.05) is 7.11 Å². The molecule has 0 heterocycles. The Hall–Kier alpha value is -1.05. The fraction of sp³-hybridized carbons (Fsp3) is 0.583. The minimum Gasteiger partial charge on any atom is -0.465 e. The third-order valence-corrected chi connectivity index (χ3v) is 3.14. The lowest BCUT2D eigenvalue weighted by Gasteiger charge is -2.25. The molecule has 0 radical (unpaired) electrons. The highest BCUT2D eigenvalue weighted by atomic mass is 16.5. The first-order valence-electron chi connectivity index (χ1n) is 5.23. The highest BCUT2D eigenvalue weighted by Crippen LogP contribution is 2.40. The molecule has 2 rings (SSSR count). The van der Waals surface area contributed by atoms with E-state index < -0.39 is 0 Å². The van der Waals surface area contributed by atoms with E-state index in [0.717, 1.165) is 12.0 Å². The van der Waals surface area contributed by atoms with Crippen molar-refractivity contribution in [3.8, 4) is 0 Å². The molecule has 14 heavy (non-hydrogen) atoms. The number of carbonyl (C=O) groups excluding carboxylic acids is 1. The van der Waals surface area contributed by atoms with Gasteiger partial charge in [-0.1, -0.05) is 19.1 Å². The Bertz CT molecular complexity index is 312. The molecule has 2 atom stereocenters. The highest BCUT2D eigenvalue weighted by Gasteiger charge is 2.31. The van der Waals surface area contributed by atoms with Crippen LogP contribution in [0, 0.1) is 11.8 Å². The van der Waals surface area contributed by atoms with E-state index in [9.17, 15) is 4.79 Å². The summed E-state index contributed by atoms with van der Waals surface area (Å²) in [4.78, 5) is 11.5. The molecule has 76 valence electrons. The average Bonchev–Trinajstić information content (AvgIpc) is 2.62. The van der Waals surface area contributed by atoms with Crippen LogP contribution in [0.5, 0.6) is 0 Å². The van der Waals surface area contributed by atoms with E-state index >= 15 is 0 Å². The Kier molecular flexibility index (Phi) is 2.44. The summed E-state index contributed by atoms with van der Waals surface area (Å²) in [6, 6.07) is 0. The van der Waals surface area contributed by atoms with Gasteiger partial charge < -0.3 is 4.74 Å². The van der Waals surface area contributed by atoms with E-state index in [4.69, 9.17) is 4.74 Å². The molecule has 2 nitrogen and oxygen atoms in total. The second kappa shape index (κ2) is 3.60. The predicted octanol–water partition coefficient (Wildman–Crippen LogP) is 2.46. The first kappa shape index (κ1) is 9.50. The van der Waals surface area contributed by atoms with Gasteiger partial charge in [0.25, 0.3) is 0 Å². The number of esters is 1. The molecule has 0 aliphatic heterocycles. The Balaban J connectivity index is 2.31.